The number of fused-ring (bicyclic) bond motifs is 1. The molecule has 2 unspecified atom stereocenters. The number of benzene rings is 5. The van der Waals surface area contributed by atoms with Gasteiger partial charge in [0.2, 0.25) is 11.8 Å². The molecule has 448 valence electrons. The summed E-state index contributed by atoms with van der Waals surface area (Å²) in [5, 5.41) is 6.79. The van der Waals surface area contributed by atoms with Gasteiger partial charge >= 0.3 is 0 Å². The molecular formula is C66H78ClN9O7S2. The first kappa shape index (κ1) is 59.1. The number of thioether (sulfide) groups is 1. The second-order valence-electron chi connectivity index (χ2n) is 24.4. The van der Waals surface area contributed by atoms with Gasteiger partial charge in [0.15, 0.2) is 0 Å². The van der Waals surface area contributed by atoms with E-state index in [1.165, 1.54) is 28.9 Å². The molecule has 4 amide bonds. The number of morpholine rings is 1. The third kappa shape index (κ3) is 14.3. The number of halogens is 1. The molecule has 16 nitrogen and oxygen atoms in total. The molecule has 1 aliphatic carbocycles. The Bertz CT molecular complexity index is 3350. The number of ether oxygens (including phenoxy) is 1. The summed E-state index contributed by atoms with van der Waals surface area (Å²) in [6, 6.07) is 38.3. The minimum atomic E-state index is -4.13. The van der Waals surface area contributed by atoms with Crippen molar-refractivity contribution in [2.24, 2.45) is 11.3 Å². The van der Waals surface area contributed by atoms with Crippen molar-refractivity contribution < 1.29 is 32.3 Å². The molecule has 6 heterocycles. The van der Waals surface area contributed by atoms with E-state index in [4.69, 9.17) is 16.3 Å². The van der Waals surface area contributed by atoms with E-state index in [1.54, 1.807) is 58.6 Å². The summed E-state index contributed by atoms with van der Waals surface area (Å²) < 4.78 is 35.0. The van der Waals surface area contributed by atoms with Crippen LogP contribution in [0.3, 0.4) is 0 Å². The van der Waals surface area contributed by atoms with Crippen LogP contribution in [-0.4, -0.2) is 168 Å². The zero-order valence-corrected chi connectivity index (χ0v) is 50.8. The molecule has 5 aromatic carbocycles. The summed E-state index contributed by atoms with van der Waals surface area (Å²) in [6.07, 6.45) is 8.24. The number of likely N-dealkylation sites (tertiary alicyclic amines) is 1. The third-order valence-electron chi connectivity index (χ3n) is 18.8. The number of hydrogen-bond acceptors (Lipinski definition) is 14. The van der Waals surface area contributed by atoms with Gasteiger partial charge in [0.1, 0.15) is 6.04 Å². The maximum absolute atomic E-state index is 13.6. The highest BCUT2D eigenvalue weighted by Gasteiger charge is 2.43. The Labute approximate surface area is 509 Å². The Balaban J connectivity index is 0.615. The fourth-order valence-electron chi connectivity index (χ4n) is 13.9. The number of imide groups is 1. The molecule has 0 aromatic heterocycles. The Hall–Kier alpha value is -6.25. The molecular weight excluding hydrogens is 1130 g/mol. The number of allylic oxidation sites excluding steroid dienone is 1. The summed E-state index contributed by atoms with van der Waals surface area (Å²) in [5.74, 6) is -0.00154. The van der Waals surface area contributed by atoms with Crippen molar-refractivity contribution in [3.05, 3.63) is 154 Å². The predicted octanol–water partition coefficient (Wildman–Crippen LogP) is 8.88. The maximum Gasteiger partial charge on any atom is 0.264 e. The zero-order chi connectivity index (χ0) is 58.5. The highest BCUT2D eigenvalue weighted by Crippen LogP contribution is 2.49. The summed E-state index contributed by atoms with van der Waals surface area (Å²) >= 11 is 8.21. The maximum atomic E-state index is 13.6. The molecule has 3 N–H and O–H groups in total. The minimum absolute atomic E-state index is 0.0250. The van der Waals surface area contributed by atoms with Gasteiger partial charge in [0.25, 0.3) is 21.8 Å². The van der Waals surface area contributed by atoms with E-state index >= 15 is 0 Å². The van der Waals surface area contributed by atoms with Gasteiger partial charge in [0.05, 0.1) is 18.1 Å². The molecule has 5 fully saturated rings. The fourth-order valence-corrected chi connectivity index (χ4v) is 16.0. The van der Waals surface area contributed by atoms with Crippen LogP contribution in [0, 0.1) is 11.3 Å². The van der Waals surface area contributed by atoms with Crippen LogP contribution in [-0.2, 0) is 30.9 Å². The van der Waals surface area contributed by atoms with E-state index < -0.39 is 22.0 Å². The lowest BCUT2D eigenvalue weighted by molar-refractivity contribution is -0.136. The average molecular weight is 1210 g/mol. The van der Waals surface area contributed by atoms with Gasteiger partial charge < -0.3 is 29.7 Å². The number of sulfonamides is 1. The molecule has 5 saturated heterocycles. The van der Waals surface area contributed by atoms with Crippen LogP contribution >= 0.6 is 23.4 Å². The molecule has 6 aliphatic heterocycles. The Kier molecular flexibility index (Phi) is 18.3. The molecule has 7 aliphatic rings. The molecule has 19 heteroatoms. The number of hydrogen-bond donors (Lipinski definition) is 3. The van der Waals surface area contributed by atoms with E-state index in [0.29, 0.717) is 24.4 Å². The summed E-state index contributed by atoms with van der Waals surface area (Å²) in [6.45, 7) is 14.3. The van der Waals surface area contributed by atoms with Crippen LogP contribution in [0.5, 0.6) is 0 Å². The first-order chi connectivity index (χ1) is 41.3. The largest absolute Gasteiger partial charge is 0.381 e. The van der Waals surface area contributed by atoms with Gasteiger partial charge in [-0.05, 0) is 171 Å². The number of rotatable bonds is 19. The van der Waals surface area contributed by atoms with Gasteiger partial charge in [-0.1, -0.05) is 53.6 Å². The SMILES string of the molecule is O=C1CCC(N2Cc3ccc(N4CCC(CN5CCC6(CCC(c7ccc(Cl)cc7)=C(CN7CCN(c8ccc(C(=O)NS(=O)(=O)c9ccc(N[C@H](CCN%10CCOCC%10)CSc%10ccccc%10)cc9)cc8)CC7)C6)C5)CC4)cc3C2=O)C(=O)N1. The summed E-state index contributed by atoms with van der Waals surface area (Å²) in [5.41, 5.74) is 9.28. The van der Waals surface area contributed by atoms with E-state index in [2.05, 4.69) is 70.2 Å². The first-order valence-corrected chi connectivity index (χ1v) is 33.3. The highest BCUT2D eigenvalue weighted by atomic mass is 35.5. The van der Waals surface area contributed by atoms with Crippen LogP contribution in [0.2, 0.25) is 5.02 Å². The second-order valence-corrected chi connectivity index (χ2v) is 27.6. The van der Waals surface area contributed by atoms with Crippen molar-refractivity contribution in [2.75, 3.05) is 119 Å². The number of carbonyl (C=O) groups excluding carboxylic acids is 4. The Morgan fingerprint density at radius 1 is 0.753 bits per heavy atom. The highest BCUT2D eigenvalue weighted by molar-refractivity contribution is 7.99. The van der Waals surface area contributed by atoms with E-state index in [-0.39, 0.29) is 46.1 Å². The van der Waals surface area contributed by atoms with Crippen molar-refractivity contribution in [1.82, 2.24) is 29.6 Å². The van der Waals surface area contributed by atoms with Gasteiger partial charge in [-0.3, -0.25) is 34.3 Å². The Morgan fingerprint density at radius 3 is 2.22 bits per heavy atom. The van der Waals surface area contributed by atoms with Crippen molar-refractivity contribution in [3.63, 3.8) is 0 Å². The van der Waals surface area contributed by atoms with Crippen LogP contribution in [0.15, 0.2) is 137 Å². The van der Waals surface area contributed by atoms with Crippen LogP contribution in [0.1, 0.15) is 89.6 Å². The van der Waals surface area contributed by atoms with Crippen LogP contribution < -0.4 is 25.2 Å². The second kappa shape index (κ2) is 26.4. The quantitative estimate of drug-likeness (QED) is 0.0530. The molecule has 12 rings (SSSR count). The minimum Gasteiger partial charge on any atom is -0.381 e. The van der Waals surface area contributed by atoms with E-state index in [1.807, 2.05) is 54.6 Å². The molecule has 0 bridgehead atoms. The number of nitrogens with one attached hydrogen (secondary N) is 3. The smallest absolute Gasteiger partial charge is 0.264 e. The van der Waals surface area contributed by atoms with Crippen LogP contribution in [0.4, 0.5) is 17.1 Å². The average Bonchev–Trinajstić information content (AvgIpc) is 3.96. The molecule has 0 radical (unpaired) electrons. The molecule has 0 saturated carbocycles. The van der Waals surface area contributed by atoms with E-state index in [9.17, 15) is 27.6 Å². The monoisotopic (exact) mass is 1210 g/mol. The van der Waals surface area contributed by atoms with Gasteiger partial charge in [-0.2, -0.15) is 0 Å². The fraction of sp³-hybridized carbons (Fsp3) is 0.455. The molecule has 3 atom stereocenters. The lowest BCUT2D eigenvalue weighted by atomic mass is 9.69. The predicted molar refractivity (Wildman–Crippen MR) is 336 cm³/mol. The molecule has 5 aromatic rings. The van der Waals surface area contributed by atoms with Gasteiger partial charge in [-0.15, -0.1) is 11.8 Å². The topological polar surface area (TPSA) is 167 Å². The molecule has 1 spiro atoms. The van der Waals surface area contributed by atoms with Crippen molar-refractivity contribution in [1.29, 1.82) is 0 Å². The number of carbonyl (C=O) groups is 4. The van der Waals surface area contributed by atoms with E-state index in [0.717, 1.165) is 164 Å². The third-order valence-corrected chi connectivity index (χ3v) is 21.5. The van der Waals surface area contributed by atoms with Gasteiger partial charge in [0, 0.05) is 141 Å². The Morgan fingerprint density at radius 2 is 1.48 bits per heavy atom. The number of amides is 4. The lowest BCUT2D eigenvalue weighted by Gasteiger charge is -2.41. The number of anilines is 3. The van der Waals surface area contributed by atoms with Crippen LogP contribution in [0.25, 0.3) is 5.57 Å². The van der Waals surface area contributed by atoms with Crippen molar-refractivity contribution in [2.45, 2.75) is 86.2 Å². The standard InChI is InChI=1S/C66H78ClN9O7S2/c67-52-11-6-48(7-12-52)59-22-26-66(27-31-73(46-66)42-47-23-29-74(30-24-47)56-17-10-50-44-76(65(80)60(50)40-56)61-20-21-62(77)69-64(61)79)41-51(59)43-72-32-34-75(35-33-72)55-15-8-49(9-16-55)63(78)70-85(81,82)58-18-13-53(14-19-58)68-54(25-28-71-36-38-83-39-37-71)45-84-57-4-2-1-3-5-57/h1-19,40,47,54,61,68H,20-39,41-46H2,(H,70,78)(H,69,77,79)/t54-,61?,66?/m1/s1. The summed E-state index contributed by atoms with van der Waals surface area (Å²) in [7, 11) is -4.13. The number of piperidine rings is 2. The first-order valence-electron chi connectivity index (χ1n) is 30.5. The van der Waals surface area contributed by atoms with Crippen molar-refractivity contribution in [3.8, 4) is 0 Å². The van der Waals surface area contributed by atoms with Crippen molar-refractivity contribution >= 4 is 79.7 Å². The normalized spacial score (nSPS) is 22.5. The zero-order valence-electron chi connectivity index (χ0n) is 48.4. The lowest BCUT2D eigenvalue weighted by Crippen LogP contribution is -2.52. The number of nitrogens with zero attached hydrogens (tertiary/aromatic N) is 6. The van der Waals surface area contributed by atoms with Gasteiger partial charge in [-0.25, -0.2) is 13.1 Å². The summed E-state index contributed by atoms with van der Waals surface area (Å²) in [4.78, 5) is 66.8. The number of piperazine rings is 1. The molecule has 85 heavy (non-hydrogen) atoms.